The maximum Gasteiger partial charge on any atom is 0.225 e. The highest BCUT2D eigenvalue weighted by atomic mass is 19.1. The van der Waals surface area contributed by atoms with Crippen LogP contribution in [0.1, 0.15) is 18.9 Å². The van der Waals surface area contributed by atoms with Crippen LogP contribution in [0, 0.1) is 5.82 Å². The van der Waals surface area contributed by atoms with Crippen LogP contribution in [0.5, 0.6) is 0 Å². The quantitative estimate of drug-likeness (QED) is 0.649. The number of anilines is 3. The van der Waals surface area contributed by atoms with E-state index in [1.54, 1.807) is 25.1 Å². The molecule has 0 aliphatic carbocycles. The number of hydrogen-bond acceptors (Lipinski definition) is 8. The van der Waals surface area contributed by atoms with Crippen LogP contribution in [0.25, 0.3) is 0 Å². The van der Waals surface area contributed by atoms with E-state index >= 15 is 0 Å². The maximum absolute atomic E-state index is 14.5. The van der Waals surface area contributed by atoms with E-state index < -0.39 is 0 Å². The van der Waals surface area contributed by atoms with E-state index in [9.17, 15) is 14.6 Å². The Morgan fingerprint density at radius 1 is 1.10 bits per heavy atom. The largest absolute Gasteiger partial charge is 0.393 e. The Labute approximate surface area is 181 Å². The zero-order valence-electron chi connectivity index (χ0n) is 17.8. The third-order valence-corrected chi connectivity index (χ3v) is 5.86. The molecule has 4 rings (SSSR count). The summed E-state index contributed by atoms with van der Waals surface area (Å²) in [4.78, 5) is 15.3. The standard InChI is InChI=1S/C22H30FN5O3/c1-16(30)5-10-31-19-13-28(14-19)22-24-11-18(12-25-22)26-6-8-27(9-7-26)20-4-2-3-17(15-29)21(20)23/h2-4,11-12,16,19,29-30H,5-10,13-15H2,1H3. The normalized spacial score (nSPS) is 18.3. The molecule has 2 N–H and O–H groups in total. The number of ether oxygens (including phenoxy) is 1. The zero-order chi connectivity index (χ0) is 21.8. The molecule has 9 heteroatoms. The molecule has 0 saturated carbocycles. The SMILES string of the molecule is CC(O)CCOC1CN(c2ncc(N3CCN(c4cccc(CO)c4F)CC3)cn2)C1. The molecule has 2 saturated heterocycles. The Balaban J connectivity index is 1.27. The topological polar surface area (TPSA) is 85.2 Å². The second-order valence-corrected chi connectivity index (χ2v) is 8.16. The van der Waals surface area contributed by atoms with Gasteiger partial charge in [0.1, 0.15) is 0 Å². The Kier molecular flexibility index (Phi) is 6.84. The van der Waals surface area contributed by atoms with Crippen molar-refractivity contribution in [3.8, 4) is 0 Å². The number of aliphatic hydroxyl groups excluding tert-OH is 2. The van der Waals surface area contributed by atoms with E-state index in [2.05, 4.69) is 19.8 Å². The highest BCUT2D eigenvalue weighted by molar-refractivity contribution is 5.53. The first-order valence-corrected chi connectivity index (χ1v) is 10.8. The second kappa shape index (κ2) is 9.76. The van der Waals surface area contributed by atoms with Gasteiger partial charge in [-0.2, -0.15) is 0 Å². The average molecular weight is 432 g/mol. The predicted molar refractivity (Wildman–Crippen MR) is 117 cm³/mol. The molecule has 0 bridgehead atoms. The number of halogens is 1. The Morgan fingerprint density at radius 2 is 1.77 bits per heavy atom. The zero-order valence-corrected chi connectivity index (χ0v) is 17.8. The van der Waals surface area contributed by atoms with E-state index in [0.717, 1.165) is 31.9 Å². The molecule has 1 aromatic carbocycles. The van der Waals surface area contributed by atoms with Crippen molar-refractivity contribution >= 4 is 17.3 Å². The van der Waals surface area contributed by atoms with Gasteiger partial charge in [0.05, 0.1) is 42.6 Å². The molecular formula is C22H30FN5O3. The summed E-state index contributed by atoms with van der Waals surface area (Å²) in [5.74, 6) is 0.356. The van der Waals surface area contributed by atoms with Gasteiger partial charge in [0.15, 0.2) is 5.82 Å². The summed E-state index contributed by atoms with van der Waals surface area (Å²) >= 11 is 0. The van der Waals surface area contributed by atoms with Crippen LogP contribution in [0.15, 0.2) is 30.6 Å². The first kappa shape index (κ1) is 21.7. The summed E-state index contributed by atoms with van der Waals surface area (Å²) in [6.45, 7) is 6.41. The molecule has 168 valence electrons. The van der Waals surface area contributed by atoms with E-state index in [1.165, 1.54) is 0 Å². The lowest BCUT2D eigenvalue weighted by molar-refractivity contribution is 0.0160. The molecule has 0 radical (unpaired) electrons. The van der Waals surface area contributed by atoms with Crippen molar-refractivity contribution in [3.05, 3.63) is 42.0 Å². The molecule has 2 aliphatic heterocycles. The molecule has 3 heterocycles. The van der Waals surface area contributed by atoms with Crippen LogP contribution in [0.2, 0.25) is 0 Å². The highest BCUT2D eigenvalue weighted by Crippen LogP contribution is 2.26. The van der Waals surface area contributed by atoms with Crippen molar-refractivity contribution in [2.75, 3.05) is 60.6 Å². The second-order valence-electron chi connectivity index (χ2n) is 8.16. The first-order chi connectivity index (χ1) is 15.0. The summed E-state index contributed by atoms with van der Waals surface area (Å²) in [5, 5.41) is 18.6. The van der Waals surface area contributed by atoms with Gasteiger partial charge in [-0.05, 0) is 19.4 Å². The van der Waals surface area contributed by atoms with Gasteiger partial charge < -0.3 is 29.6 Å². The lowest BCUT2D eigenvalue weighted by Crippen LogP contribution is -2.53. The molecule has 1 atom stereocenters. The van der Waals surface area contributed by atoms with Crippen molar-refractivity contribution in [2.24, 2.45) is 0 Å². The smallest absolute Gasteiger partial charge is 0.225 e. The predicted octanol–water partition coefficient (Wildman–Crippen LogP) is 1.41. The van der Waals surface area contributed by atoms with Crippen molar-refractivity contribution < 1.29 is 19.3 Å². The maximum atomic E-state index is 14.5. The molecule has 31 heavy (non-hydrogen) atoms. The minimum Gasteiger partial charge on any atom is -0.393 e. The number of piperazine rings is 1. The monoisotopic (exact) mass is 431 g/mol. The molecule has 1 unspecified atom stereocenters. The summed E-state index contributed by atoms with van der Waals surface area (Å²) < 4.78 is 20.2. The third kappa shape index (κ3) is 5.06. The highest BCUT2D eigenvalue weighted by Gasteiger charge is 2.29. The summed E-state index contributed by atoms with van der Waals surface area (Å²) in [7, 11) is 0. The molecule has 8 nitrogen and oxygen atoms in total. The fraction of sp³-hybridized carbons (Fsp3) is 0.545. The van der Waals surface area contributed by atoms with Crippen LogP contribution in [-0.2, 0) is 11.3 Å². The number of aromatic nitrogens is 2. The van der Waals surface area contributed by atoms with Crippen LogP contribution >= 0.6 is 0 Å². The van der Waals surface area contributed by atoms with Gasteiger partial charge in [-0.3, -0.25) is 0 Å². The molecule has 2 fully saturated rings. The molecular weight excluding hydrogens is 401 g/mol. The van der Waals surface area contributed by atoms with E-state index in [-0.39, 0.29) is 24.6 Å². The van der Waals surface area contributed by atoms with Crippen LogP contribution in [0.4, 0.5) is 21.7 Å². The lowest BCUT2D eigenvalue weighted by atomic mass is 10.1. The Bertz CT molecular complexity index is 853. The van der Waals surface area contributed by atoms with Gasteiger partial charge in [-0.1, -0.05) is 12.1 Å². The Morgan fingerprint density at radius 3 is 2.42 bits per heavy atom. The fourth-order valence-corrected chi connectivity index (χ4v) is 3.89. The minimum atomic E-state index is -0.339. The summed E-state index contributed by atoms with van der Waals surface area (Å²) in [6.07, 6.45) is 4.16. The van der Waals surface area contributed by atoms with E-state index in [0.29, 0.717) is 43.3 Å². The number of benzene rings is 1. The van der Waals surface area contributed by atoms with Gasteiger partial charge in [0.2, 0.25) is 5.95 Å². The lowest BCUT2D eigenvalue weighted by Gasteiger charge is -2.39. The van der Waals surface area contributed by atoms with Crippen molar-refractivity contribution in [1.29, 1.82) is 0 Å². The molecule has 0 spiro atoms. The van der Waals surface area contributed by atoms with Gasteiger partial charge in [0.25, 0.3) is 0 Å². The molecule has 1 aromatic heterocycles. The minimum absolute atomic E-state index is 0.167. The number of nitrogens with zero attached hydrogens (tertiary/aromatic N) is 5. The fourth-order valence-electron chi connectivity index (χ4n) is 3.89. The van der Waals surface area contributed by atoms with Crippen LogP contribution < -0.4 is 14.7 Å². The average Bonchev–Trinajstić information content (AvgIpc) is 2.76. The van der Waals surface area contributed by atoms with Gasteiger partial charge in [-0.25, -0.2) is 14.4 Å². The number of aliphatic hydroxyl groups is 2. The number of hydrogen-bond donors (Lipinski definition) is 2. The first-order valence-electron chi connectivity index (χ1n) is 10.8. The van der Waals surface area contributed by atoms with E-state index in [4.69, 9.17) is 4.74 Å². The van der Waals surface area contributed by atoms with Crippen molar-refractivity contribution in [2.45, 2.75) is 32.2 Å². The molecule has 0 amide bonds. The number of rotatable bonds is 8. The van der Waals surface area contributed by atoms with Crippen molar-refractivity contribution in [3.63, 3.8) is 0 Å². The Hall–Kier alpha value is -2.49. The van der Waals surface area contributed by atoms with Gasteiger partial charge >= 0.3 is 0 Å². The van der Waals surface area contributed by atoms with Crippen LogP contribution in [-0.4, -0.2) is 78.3 Å². The van der Waals surface area contributed by atoms with E-state index in [1.807, 2.05) is 17.3 Å². The summed E-state index contributed by atoms with van der Waals surface area (Å²) in [6, 6.07) is 5.15. The summed E-state index contributed by atoms with van der Waals surface area (Å²) in [5.41, 5.74) is 1.82. The van der Waals surface area contributed by atoms with Crippen molar-refractivity contribution in [1.82, 2.24) is 9.97 Å². The molecule has 2 aliphatic rings. The van der Waals surface area contributed by atoms with Gasteiger partial charge in [-0.15, -0.1) is 0 Å². The third-order valence-electron chi connectivity index (χ3n) is 5.86. The van der Waals surface area contributed by atoms with Gasteiger partial charge in [0, 0.05) is 51.4 Å². The molecule has 2 aromatic rings. The van der Waals surface area contributed by atoms with Crippen LogP contribution in [0.3, 0.4) is 0 Å².